The number of allylic oxidation sites excluding steroid dienone is 2. The molecule has 0 saturated carbocycles. The molecule has 0 aliphatic heterocycles. The van der Waals surface area contributed by atoms with Gasteiger partial charge in [-0.05, 0) is 42.6 Å². The van der Waals surface area contributed by atoms with Gasteiger partial charge in [0.1, 0.15) is 0 Å². The van der Waals surface area contributed by atoms with Crippen molar-refractivity contribution in [2.45, 2.75) is 67.2 Å². The van der Waals surface area contributed by atoms with Gasteiger partial charge in [0.05, 0.1) is 0 Å². The van der Waals surface area contributed by atoms with Gasteiger partial charge in [-0.1, -0.05) is 40.2 Å². The van der Waals surface area contributed by atoms with Crippen molar-refractivity contribution in [1.82, 2.24) is 0 Å². The molecule has 0 fully saturated rings. The summed E-state index contributed by atoms with van der Waals surface area (Å²) >= 11 is 0. The van der Waals surface area contributed by atoms with Gasteiger partial charge < -0.3 is 0 Å². The Morgan fingerprint density at radius 3 is 2.31 bits per heavy atom. The van der Waals surface area contributed by atoms with Gasteiger partial charge in [-0.25, -0.2) is 0 Å². The van der Waals surface area contributed by atoms with Crippen LogP contribution in [0.4, 0.5) is 0 Å². The summed E-state index contributed by atoms with van der Waals surface area (Å²) in [4.78, 5) is 12.4. The molecule has 0 atom stereocenters. The van der Waals surface area contributed by atoms with Crippen LogP contribution >= 0.6 is 0 Å². The third kappa shape index (κ3) is 3.20. The molecular weight excluding hydrogens is 196 g/mol. The molecular formula is C15H26O. The lowest BCUT2D eigenvalue weighted by atomic mass is 9.69. The average molecular weight is 222 g/mol. The van der Waals surface area contributed by atoms with E-state index < -0.39 is 0 Å². The highest BCUT2D eigenvalue weighted by atomic mass is 16.1. The summed E-state index contributed by atoms with van der Waals surface area (Å²) < 4.78 is 0. The van der Waals surface area contributed by atoms with Gasteiger partial charge in [-0.15, -0.1) is 0 Å². The van der Waals surface area contributed by atoms with Crippen LogP contribution in [0.25, 0.3) is 0 Å². The molecule has 0 aromatic rings. The van der Waals surface area contributed by atoms with E-state index in [2.05, 4.69) is 41.5 Å². The van der Waals surface area contributed by atoms with Crippen molar-refractivity contribution in [3.05, 3.63) is 11.1 Å². The Labute approximate surface area is 100 Å². The zero-order valence-corrected chi connectivity index (χ0v) is 11.7. The third-order valence-corrected chi connectivity index (χ3v) is 3.43. The maximum atomic E-state index is 12.4. The van der Waals surface area contributed by atoms with Crippen LogP contribution in [0, 0.1) is 10.8 Å². The van der Waals surface area contributed by atoms with Crippen molar-refractivity contribution in [2.75, 3.05) is 0 Å². The second-order valence-corrected chi connectivity index (χ2v) is 7.05. The molecule has 0 spiro atoms. The van der Waals surface area contributed by atoms with Crippen LogP contribution in [-0.2, 0) is 4.79 Å². The number of hydrogen-bond acceptors (Lipinski definition) is 1. The molecule has 1 rings (SSSR count). The van der Waals surface area contributed by atoms with Crippen LogP contribution in [0.1, 0.15) is 67.2 Å². The van der Waals surface area contributed by atoms with Crippen molar-refractivity contribution in [2.24, 2.45) is 10.8 Å². The Morgan fingerprint density at radius 2 is 1.88 bits per heavy atom. The minimum absolute atomic E-state index is 0.0880. The number of carbonyl (C=O) groups is 1. The van der Waals surface area contributed by atoms with E-state index in [1.165, 1.54) is 12.0 Å². The summed E-state index contributed by atoms with van der Waals surface area (Å²) in [5, 5.41) is 0. The summed E-state index contributed by atoms with van der Waals surface area (Å²) in [5.74, 6) is 0.370. The normalized spacial score (nSPS) is 21.1. The third-order valence-electron chi connectivity index (χ3n) is 3.43. The fourth-order valence-corrected chi connectivity index (χ4v) is 2.81. The highest BCUT2D eigenvalue weighted by Gasteiger charge is 2.34. The van der Waals surface area contributed by atoms with Crippen LogP contribution in [0.15, 0.2) is 11.1 Å². The lowest BCUT2D eigenvalue weighted by Crippen LogP contribution is -2.28. The predicted molar refractivity (Wildman–Crippen MR) is 69.4 cm³/mol. The van der Waals surface area contributed by atoms with E-state index >= 15 is 0 Å². The summed E-state index contributed by atoms with van der Waals surface area (Å²) in [6.45, 7) is 13.0. The molecule has 1 nitrogen and oxygen atoms in total. The first kappa shape index (κ1) is 13.5. The molecule has 92 valence electrons. The molecule has 0 unspecified atom stereocenters. The fraction of sp³-hybridized carbons (Fsp3) is 0.800. The molecule has 0 bridgehead atoms. The van der Waals surface area contributed by atoms with E-state index in [0.717, 1.165) is 18.4 Å². The maximum absolute atomic E-state index is 12.4. The first-order valence-corrected chi connectivity index (χ1v) is 6.37. The Kier molecular flexibility index (Phi) is 3.66. The zero-order valence-electron chi connectivity index (χ0n) is 11.7. The molecule has 0 radical (unpaired) electrons. The first-order chi connectivity index (χ1) is 7.13. The number of Topliss-reactive ketones (excluding diaryl/α,β-unsaturated/α-hetero) is 1. The number of hydrogen-bond donors (Lipinski definition) is 0. The SMILES string of the molecule is CC1=C(C(=O)CC(C)(C)C)C(C)(C)CCC1. The van der Waals surface area contributed by atoms with E-state index in [-0.39, 0.29) is 10.8 Å². The number of rotatable bonds is 2. The van der Waals surface area contributed by atoms with Crippen LogP contribution in [-0.4, -0.2) is 5.78 Å². The Morgan fingerprint density at radius 1 is 1.31 bits per heavy atom. The average Bonchev–Trinajstić information content (AvgIpc) is 1.97. The maximum Gasteiger partial charge on any atom is 0.159 e. The van der Waals surface area contributed by atoms with Crippen LogP contribution in [0.5, 0.6) is 0 Å². The van der Waals surface area contributed by atoms with Gasteiger partial charge >= 0.3 is 0 Å². The van der Waals surface area contributed by atoms with E-state index in [9.17, 15) is 4.79 Å². The van der Waals surface area contributed by atoms with E-state index in [4.69, 9.17) is 0 Å². The standard InChI is InChI=1S/C15H26O/c1-11-8-7-9-15(5,6)13(11)12(16)10-14(2,3)4/h7-10H2,1-6H3. The van der Waals surface area contributed by atoms with Gasteiger partial charge in [0.15, 0.2) is 5.78 Å². The van der Waals surface area contributed by atoms with Crippen molar-refractivity contribution in [3.63, 3.8) is 0 Å². The van der Waals surface area contributed by atoms with Gasteiger partial charge in [0.25, 0.3) is 0 Å². The van der Waals surface area contributed by atoms with Crippen molar-refractivity contribution >= 4 is 5.78 Å². The Hall–Kier alpha value is -0.590. The van der Waals surface area contributed by atoms with Crippen molar-refractivity contribution < 1.29 is 4.79 Å². The van der Waals surface area contributed by atoms with E-state index in [0.29, 0.717) is 12.2 Å². The summed E-state index contributed by atoms with van der Waals surface area (Å²) in [7, 11) is 0. The van der Waals surface area contributed by atoms with Gasteiger partial charge in [0, 0.05) is 6.42 Å². The second-order valence-electron chi connectivity index (χ2n) is 7.05. The van der Waals surface area contributed by atoms with Crippen LogP contribution in [0.2, 0.25) is 0 Å². The van der Waals surface area contributed by atoms with Crippen molar-refractivity contribution in [1.29, 1.82) is 0 Å². The summed E-state index contributed by atoms with van der Waals surface area (Å²) in [6.07, 6.45) is 4.15. The molecule has 0 saturated heterocycles. The topological polar surface area (TPSA) is 17.1 Å². The van der Waals surface area contributed by atoms with Gasteiger partial charge in [0.2, 0.25) is 0 Å². The molecule has 1 aliphatic rings. The molecule has 0 N–H and O–H groups in total. The number of carbonyl (C=O) groups excluding carboxylic acids is 1. The summed E-state index contributed by atoms with van der Waals surface area (Å²) in [5.41, 5.74) is 2.63. The quantitative estimate of drug-likeness (QED) is 0.671. The van der Waals surface area contributed by atoms with Crippen LogP contribution < -0.4 is 0 Å². The summed E-state index contributed by atoms with van der Waals surface area (Å²) in [6, 6.07) is 0. The highest BCUT2D eigenvalue weighted by molar-refractivity contribution is 5.97. The molecule has 0 amide bonds. The fourth-order valence-electron chi connectivity index (χ4n) is 2.81. The minimum atomic E-state index is 0.0880. The smallest absolute Gasteiger partial charge is 0.159 e. The van der Waals surface area contributed by atoms with Crippen LogP contribution in [0.3, 0.4) is 0 Å². The molecule has 0 aromatic carbocycles. The monoisotopic (exact) mass is 222 g/mol. The Bertz CT molecular complexity index is 313. The molecule has 0 heterocycles. The predicted octanol–water partition coefficient (Wildman–Crippen LogP) is 4.52. The van der Waals surface area contributed by atoms with E-state index in [1.807, 2.05) is 0 Å². The van der Waals surface area contributed by atoms with Gasteiger partial charge in [-0.2, -0.15) is 0 Å². The largest absolute Gasteiger partial charge is 0.295 e. The molecule has 1 heteroatoms. The van der Waals surface area contributed by atoms with Crippen molar-refractivity contribution in [3.8, 4) is 0 Å². The second kappa shape index (κ2) is 4.35. The Balaban J connectivity index is 2.96. The lowest BCUT2D eigenvalue weighted by Gasteiger charge is -2.34. The molecule has 0 aromatic heterocycles. The zero-order chi connectivity index (χ0) is 12.6. The number of ketones is 1. The molecule has 16 heavy (non-hydrogen) atoms. The lowest BCUT2D eigenvalue weighted by molar-refractivity contribution is -0.118. The first-order valence-electron chi connectivity index (χ1n) is 6.37. The minimum Gasteiger partial charge on any atom is -0.295 e. The van der Waals surface area contributed by atoms with Gasteiger partial charge in [-0.3, -0.25) is 4.79 Å². The highest BCUT2D eigenvalue weighted by Crippen LogP contribution is 2.42. The van der Waals surface area contributed by atoms with E-state index in [1.54, 1.807) is 0 Å². The molecule has 1 aliphatic carbocycles.